The van der Waals surface area contributed by atoms with Gasteiger partial charge in [0.2, 0.25) is 5.91 Å². The molecule has 0 bridgehead atoms. The van der Waals surface area contributed by atoms with Crippen molar-refractivity contribution >= 4 is 5.91 Å². The molecule has 2 rings (SSSR count). The molecule has 1 aromatic rings. The molecule has 0 spiro atoms. The molecule has 18 heavy (non-hydrogen) atoms. The van der Waals surface area contributed by atoms with Gasteiger partial charge in [-0.2, -0.15) is 0 Å². The van der Waals surface area contributed by atoms with Crippen LogP contribution in [0, 0.1) is 0 Å². The Morgan fingerprint density at radius 3 is 2.61 bits per heavy atom. The van der Waals surface area contributed by atoms with Gasteiger partial charge in [0.1, 0.15) is 5.75 Å². The molecule has 98 valence electrons. The zero-order chi connectivity index (χ0) is 13.0. The van der Waals surface area contributed by atoms with Crippen molar-refractivity contribution in [3.8, 4) is 5.75 Å². The molecule has 1 fully saturated rings. The van der Waals surface area contributed by atoms with E-state index in [0.717, 1.165) is 32.2 Å². The summed E-state index contributed by atoms with van der Waals surface area (Å²) in [7, 11) is 0. The quantitative estimate of drug-likeness (QED) is 0.869. The van der Waals surface area contributed by atoms with Crippen LogP contribution in [-0.2, 0) is 11.2 Å². The third-order valence-electron chi connectivity index (χ3n) is 3.58. The van der Waals surface area contributed by atoms with Gasteiger partial charge in [0.05, 0.1) is 0 Å². The van der Waals surface area contributed by atoms with Gasteiger partial charge in [-0.3, -0.25) is 4.79 Å². The fourth-order valence-corrected chi connectivity index (χ4v) is 2.66. The summed E-state index contributed by atoms with van der Waals surface area (Å²) in [6.07, 6.45) is 4.73. The van der Waals surface area contributed by atoms with Crippen LogP contribution in [0.5, 0.6) is 5.75 Å². The normalized spacial score (nSPS) is 17.2. The molecule has 3 nitrogen and oxygen atoms in total. The van der Waals surface area contributed by atoms with Crippen molar-refractivity contribution in [3.05, 3.63) is 29.8 Å². The van der Waals surface area contributed by atoms with E-state index < -0.39 is 0 Å². The number of rotatable bonds is 5. The predicted molar refractivity (Wildman–Crippen MR) is 71.5 cm³/mol. The van der Waals surface area contributed by atoms with E-state index in [1.807, 2.05) is 17.0 Å². The standard InChI is InChI=1S/C15H21NO2/c1-2-4-13(16-10-3-5-15(16)18)11-12-6-8-14(17)9-7-12/h6-9,13,17H,2-5,10-11H2,1H3. The first-order valence-corrected chi connectivity index (χ1v) is 6.78. The number of hydrogen-bond donors (Lipinski definition) is 1. The van der Waals surface area contributed by atoms with E-state index in [0.29, 0.717) is 24.1 Å². The summed E-state index contributed by atoms with van der Waals surface area (Å²) in [5, 5.41) is 9.28. The molecule has 1 N–H and O–H groups in total. The highest BCUT2D eigenvalue weighted by atomic mass is 16.3. The average Bonchev–Trinajstić information content (AvgIpc) is 2.78. The number of carbonyl (C=O) groups is 1. The molecule has 1 unspecified atom stereocenters. The van der Waals surface area contributed by atoms with Crippen LogP contribution < -0.4 is 0 Å². The molecule has 3 heteroatoms. The van der Waals surface area contributed by atoms with Crippen molar-refractivity contribution in [2.24, 2.45) is 0 Å². The Labute approximate surface area is 108 Å². The highest BCUT2D eigenvalue weighted by Gasteiger charge is 2.27. The Bertz CT molecular complexity index is 399. The van der Waals surface area contributed by atoms with Crippen molar-refractivity contribution in [2.45, 2.75) is 45.1 Å². The van der Waals surface area contributed by atoms with Gasteiger partial charge in [-0.15, -0.1) is 0 Å². The third kappa shape index (κ3) is 3.03. The maximum atomic E-state index is 11.8. The molecule has 1 aliphatic rings. The number of carbonyl (C=O) groups excluding carboxylic acids is 1. The van der Waals surface area contributed by atoms with Gasteiger partial charge in [0.15, 0.2) is 0 Å². The number of nitrogens with zero attached hydrogens (tertiary/aromatic N) is 1. The summed E-state index contributed by atoms with van der Waals surface area (Å²) in [6, 6.07) is 7.63. The van der Waals surface area contributed by atoms with Crippen LogP contribution in [0.1, 0.15) is 38.2 Å². The lowest BCUT2D eigenvalue weighted by molar-refractivity contribution is -0.129. The number of amides is 1. The second kappa shape index (κ2) is 5.89. The van der Waals surface area contributed by atoms with Crippen molar-refractivity contribution in [2.75, 3.05) is 6.54 Å². The first-order chi connectivity index (χ1) is 8.70. The molecular formula is C15H21NO2. The summed E-state index contributed by atoms with van der Waals surface area (Å²) in [5.74, 6) is 0.593. The van der Waals surface area contributed by atoms with E-state index in [9.17, 15) is 9.90 Å². The Balaban J connectivity index is 2.05. The van der Waals surface area contributed by atoms with Crippen LogP contribution in [0.2, 0.25) is 0 Å². The molecular weight excluding hydrogens is 226 g/mol. The van der Waals surface area contributed by atoms with Gasteiger partial charge in [-0.05, 0) is 37.0 Å². The minimum Gasteiger partial charge on any atom is -0.508 e. The van der Waals surface area contributed by atoms with E-state index in [1.165, 1.54) is 5.56 Å². The van der Waals surface area contributed by atoms with Crippen molar-refractivity contribution in [3.63, 3.8) is 0 Å². The van der Waals surface area contributed by atoms with Crippen LogP contribution in [0.25, 0.3) is 0 Å². The van der Waals surface area contributed by atoms with Gasteiger partial charge < -0.3 is 10.0 Å². The highest BCUT2D eigenvalue weighted by molar-refractivity contribution is 5.78. The van der Waals surface area contributed by atoms with E-state index in [2.05, 4.69) is 6.92 Å². The highest BCUT2D eigenvalue weighted by Crippen LogP contribution is 2.21. The fourth-order valence-electron chi connectivity index (χ4n) is 2.66. The predicted octanol–water partition coefficient (Wildman–Crippen LogP) is 2.73. The summed E-state index contributed by atoms with van der Waals surface area (Å²) in [5.41, 5.74) is 1.19. The number of benzene rings is 1. The molecule has 0 saturated carbocycles. The molecule has 1 saturated heterocycles. The zero-order valence-corrected chi connectivity index (χ0v) is 10.9. The van der Waals surface area contributed by atoms with Crippen molar-refractivity contribution in [1.82, 2.24) is 4.90 Å². The fraction of sp³-hybridized carbons (Fsp3) is 0.533. The largest absolute Gasteiger partial charge is 0.508 e. The van der Waals surface area contributed by atoms with Crippen molar-refractivity contribution < 1.29 is 9.90 Å². The van der Waals surface area contributed by atoms with E-state index in [4.69, 9.17) is 0 Å². The van der Waals surface area contributed by atoms with Gasteiger partial charge in [0, 0.05) is 19.0 Å². The molecule has 1 aliphatic heterocycles. The maximum absolute atomic E-state index is 11.8. The summed E-state index contributed by atoms with van der Waals surface area (Å²) in [4.78, 5) is 13.9. The number of likely N-dealkylation sites (tertiary alicyclic amines) is 1. The maximum Gasteiger partial charge on any atom is 0.222 e. The second-order valence-electron chi connectivity index (χ2n) is 5.00. The van der Waals surface area contributed by atoms with Gasteiger partial charge in [0.25, 0.3) is 0 Å². The summed E-state index contributed by atoms with van der Waals surface area (Å²) in [6.45, 7) is 3.06. The Hall–Kier alpha value is -1.51. The monoisotopic (exact) mass is 247 g/mol. The Kier molecular flexibility index (Phi) is 4.24. The molecule has 1 atom stereocenters. The third-order valence-corrected chi connectivity index (χ3v) is 3.58. The topological polar surface area (TPSA) is 40.5 Å². The number of phenolic OH excluding ortho intramolecular Hbond substituents is 1. The average molecular weight is 247 g/mol. The van der Waals surface area contributed by atoms with Crippen LogP contribution in [0.3, 0.4) is 0 Å². The minimum atomic E-state index is 0.294. The zero-order valence-electron chi connectivity index (χ0n) is 10.9. The first-order valence-electron chi connectivity index (χ1n) is 6.78. The lowest BCUT2D eigenvalue weighted by atomic mass is 10.0. The van der Waals surface area contributed by atoms with E-state index in [1.54, 1.807) is 12.1 Å². The van der Waals surface area contributed by atoms with Crippen molar-refractivity contribution in [1.29, 1.82) is 0 Å². The molecule has 0 aliphatic carbocycles. The Morgan fingerprint density at radius 1 is 1.33 bits per heavy atom. The van der Waals surface area contributed by atoms with Crippen LogP contribution in [0.4, 0.5) is 0 Å². The van der Waals surface area contributed by atoms with Crippen LogP contribution >= 0.6 is 0 Å². The molecule has 1 heterocycles. The van der Waals surface area contributed by atoms with Crippen LogP contribution in [-0.4, -0.2) is 28.5 Å². The first kappa shape index (κ1) is 12.9. The summed E-state index contributed by atoms with van der Waals surface area (Å²) < 4.78 is 0. The smallest absolute Gasteiger partial charge is 0.222 e. The summed E-state index contributed by atoms with van der Waals surface area (Å²) >= 11 is 0. The van der Waals surface area contributed by atoms with E-state index >= 15 is 0 Å². The van der Waals surface area contributed by atoms with Crippen LogP contribution in [0.15, 0.2) is 24.3 Å². The van der Waals surface area contributed by atoms with Gasteiger partial charge in [-0.25, -0.2) is 0 Å². The number of hydrogen-bond acceptors (Lipinski definition) is 2. The number of phenols is 1. The molecule has 0 radical (unpaired) electrons. The van der Waals surface area contributed by atoms with E-state index in [-0.39, 0.29) is 0 Å². The van der Waals surface area contributed by atoms with Gasteiger partial charge >= 0.3 is 0 Å². The lowest BCUT2D eigenvalue weighted by Gasteiger charge is -2.27. The van der Waals surface area contributed by atoms with Gasteiger partial charge in [-0.1, -0.05) is 25.5 Å². The molecule has 1 amide bonds. The molecule has 1 aromatic carbocycles. The Morgan fingerprint density at radius 2 is 2.06 bits per heavy atom. The minimum absolute atomic E-state index is 0.294. The molecule has 0 aromatic heterocycles. The second-order valence-corrected chi connectivity index (χ2v) is 5.00. The SMILES string of the molecule is CCCC(Cc1ccc(O)cc1)N1CCCC1=O. The number of aromatic hydroxyl groups is 1. The lowest BCUT2D eigenvalue weighted by Crippen LogP contribution is -2.37.